The topological polar surface area (TPSA) is 38.3 Å². The van der Waals surface area contributed by atoms with Crippen molar-refractivity contribution in [1.82, 2.24) is 0 Å². The molecule has 1 saturated carbocycles. The summed E-state index contributed by atoms with van der Waals surface area (Å²) in [5.74, 6) is 1.09. The normalized spacial score (nSPS) is 14.3. The first-order chi connectivity index (χ1) is 8.74. The molecule has 98 valence electrons. The quantitative estimate of drug-likeness (QED) is 0.818. The van der Waals surface area contributed by atoms with Gasteiger partial charge in [0.2, 0.25) is 5.91 Å². The smallest absolute Gasteiger partial charge is 0.227 e. The van der Waals surface area contributed by atoms with E-state index in [0.29, 0.717) is 6.61 Å². The molecule has 1 aliphatic rings. The number of ether oxygens (including phenoxy) is 1. The number of carbonyl (C=O) groups excluding carboxylic acids is 1. The van der Waals surface area contributed by atoms with Crippen LogP contribution < -0.4 is 10.1 Å². The molecule has 1 aliphatic carbocycles. The first kappa shape index (κ1) is 13.4. The van der Waals surface area contributed by atoms with E-state index in [1.807, 2.05) is 25.1 Å². The maximum atomic E-state index is 11.8. The molecule has 1 aromatic carbocycles. The summed E-state index contributed by atoms with van der Waals surface area (Å²) in [5, 5.41) is 3.87. The van der Waals surface area contributed by atoms with E-state index in [2.05, 4.69) is 21.2 Å². The van der Waals surface area contributed by atoms with Gasteiger partial charge >= 0.3 is 0 Å². The Hall–Kier alpha value is -1.03. The number of aryl methyl sites for hydroxylation is 1. The number of benzene rings is 1. The first-order valence-corrected chi connectivity index (χ1v) is 7.49. The minimum Gasteiger partial charge on any atom is -0.492 e. The molecular formula is C14H18BrNO2. The predicted molar refractivity (Wildman–Crippen MR) is 76.5 cm³/mol. The number of carbonyl (C=O) groups is 1. The molecule has 1 fully saturated rings. The van der Waals surface area contributed by atoms with Crippen LogP contribution in [0.1, 0.15) is 25.3 Å². The summed E-state index contributed by atoms with van der Waals surface area (Å²) < 4.78 is 5.59. The molecule has 0 aliphatic heterocycles. The van der Waals surface area contributed by atoms with Gasteiger partial charge in [-0.3, -0.25) is 4.79 Å². The summed E-state index contributed by atoms with van der Waals surface area (Å²) in [7, 11) is 0. The Balaban J connectivity index is 2.13. The molecule has 3 nitrogen and oxygen atoms in total. The fourth-order valence-electron chi connectivity index (χ4n) is 1.79. The Kier molecular flexibility index (Phi) is 4.64. The second-order valence-corrected chi connectivity index (χ2v) is 5.26. The molecule has 0 bridgehead atoms. The van der Waals surface area contributed by atoms with Crippen LogP contribution in [0.3, 0.4) is 0 Å². The third-order valence-corrected chi connectivity index (χ3v) is 3.33. The van der Waals surface area contributed by atoms with E-state index in [0.717, 1.165) is 36.0 Å². The number of anilines is 1. The maximum absolute atomic E-state index is 11.8. The van der Waals surface area contributed by atoms with E-state index < -0.39 is 0 Å². The van der Waals surface area contributed by atoms with Crippen LogP contribution >= 0.6 is 15.9 Å². The fourth-order valence-corrected chi connectivity index (χ4v) is 2.25. The zero-order valence-corrected chi connectivity index (χ0v) is 12.1. The van der Waals surface area contributed by atoms with Crippen LogP contribution in [0.25, 0.3) is 0 Å². The van der Waals surface area contributed by atoms with Crippen molar-refractivity contribution in [1.29, 1.82) is 0 Å². The van der Waals surface area contributed by atoms with Crippen molar-refractivity contribution in [3.63, 3.8) is 0 Å². The van der Waals surface area contributed by atoms with E-state index in [1.54, 1.807) is 0 Å². The summed E-state index contributed by atoms with van der Waals surface area (Å²) in [5.41, 5.74) is 1.99. The average molecular weight is 312 g/mol. The molecule has 0 atom stereocenters. The van der Waals surface area contributed by atoms with Crippen molar-refractivity contribution >= 4 is 27.5 Å². The van der Waals surface area contributed by atoms with Crippen LogP contribution in [-0.4, -0.2) is 17.8 Å². The Morgan fingerprint density at radius 3 is 2.89 bits per heavy atom. The van der Waals surface area contributed by atoms with Crippen LogP contribution in [0.5, 0.6) is 5.75 Å². The number of alkyl halides is 1. The Morgan fingerprint density at radius 2 is 2.28 bits per heavy atom. The van der Waals surface area contributed by atoms with Gasteiger partial charge in [-0.05, 0) is 43.9 Å². The molecule has 2 rings (SSSR count). The van der Waals surface area contributed by atoms with E-state index >= 15 is 0 Å². The molecule has 0 unspecified atom stereocenters. The second kappa shape index (κ2) is 6.23. The van der Waals surface area contributed by atoms with Crippen molar-refractivity contribution in [2.45, 2.75) is 26.2 Å². The zero-order chi connectivity index (χ0) is 13.0. The maximum Gasteiger partial charge on any atom is 0.227 e. The van der Waals surface area contributed by atoms with Gasteiger partial charge in [-0.15, -0.1) is 0 Å². The van der Waals surface area contributed by atoms with Crippen molar-refractivity contribution < 1.29 is 9.53 Å². The lowest BCUT2D eigenvalue weighted by molar-refractivity contribution is -0.117. The lowest BCUT2D eigenvalue weighted by Gasteiger charge is -2.13. The summed E-state index contributed by atoms with van der Waals surface area (Å²) in [6, 6.07) is 5.98. The molecule has 1 N–H and O–H groups in total. The van der Waals surface area contributed by atoms with Gasteiger partial charge < -0.3 is 10.1 Å². The molecule has 18 heavy (non-hydrogen) atoms. The molecule has 0 heterocycles. The largest absolute Gasteiger partial charge is 0.492 e. The van der Waals surface area contributed by atoms with Gasteiger partial charge in [0.15, 0.2) is 0 Å². The van der Waals surface area contributed by atoms with Crippen molar-refractivity contribution in [3.05, 3.63) is 23.8 Å². The van der Waals surface area contributed by atoms with E-state index in [4.69, 9.17) is 4.74 Å². The number of rotatable bonds is 6. The molecular weight excluding hydrogens is 294 g/mol. The SMILES string of the molecule is CCOc1cc(CCBr)ccc1NC(=O)C1CC1. The molecule has 1 aromatic rings. The highest BCUT2D eigenvalue weighted by Crippen LogP contribution is 2.32. The van der Waals surface area contributed by atoms with Gasteiger partial charge in [0.05, 0.1) is 12.3 Å². The van der Waals surface area contributed by atoms with Gasteiger partial charge in [0.1, 0.15) is 5.75 Å². The van der Waals surface area contributed by atoms with Crippen molar-refractivity contribution in [2.24, 2.45) is 5.92 Å². The van der Waals surface area contributed by atoms with Crippen molar-refractivity contribution in [3.8, 4) is 5.75 Å². The molecule has 0 radical (unpaired) electrons. The predicted octanol–water partition coefficient (Wildman–Crippen LogP) is 3.37. The average Bonchev–Trinajstić information content (AvgIpc) is 3.17. The Bertz CT molecular complexity index is 430. The first-order valence-electron chi connectivity index (χ1n) is 6.37. The minimum absolute atomic E-state index is 0.115. The van der Waals surface area contributed by atoms with Gasteiger partial charge in [-0.2, -0.15) is 0 Å². The number of halogens is 1. The standard InChI is InChI=1S/C14H18BrNO2/c1-2-18-13-9-10(7-8-15)3-6-12(13)16-14(17)11-4-5-11/h3,6,9,11H,2,4-5,7-8H2,1H3,(H,16,17). The van der Waals surface area contributed by atoms with Crippen LogP contribution in [0.15, 0.2) is 18.2 Å². The highest BCUT2D eigenvalue weighted by atomic mass is 79.9. The summed E-state index contributed by atoms with van der Waals surface area (Å²) in [4.78, 5) is 11.8. The number of amides is 1. The lowest BCUT2D eigenvalue weighted by Crippen LogP contribution is -2.14. The third-order valence-electron chi connectivity index (χ3n) is 2.94. The minimum atomic E-state index is 0.115. The zero-order valence-electron chi connectivity index (χ0n) is 10.5. The molecule has 4 heteroatoms. The second-order valence-electron chi connectivity index (χ2n) is 4.47. The summed E-state index contributed by atoms with van der Waals surface area (Å²) >= 11 is 3.43. The number of hydrogen-bond donors (Lipinski definition) is 1. The molecule has 1 amide bonds. The van der Waals surface area contributed by atoms with Crippen LogP contribution in [0.4, 0.5) is 5.69 Å². The summed E-state index contributed by atoms with van der Waals surface area (Å²) in [6.45, 7) is 2.55. The van der Waals surface area contributed by atoms with E-state index in [-0.39, 0.29) is 11.8 Å². The number of hydrogen-bond acceptors (Lipinski definition) is 2. The molecule has 0 aromatic heterocycles. The van der Waals surface area contributed by atoms with Crippen LogP contribution in [0.2, 0.25) is 0 Å². The van der Waals surface area contributed by atoms with Gasteiger partial charge in [0.25, 0.3) is 0 Å². The molecule has 0 spiro atoms. The van der Waals surface area contributed by atoms with Crippen LogP contribution in [-0.2, 0) is 11.2 Å². The van der Waals surface area contributed by atoms with Gasteiger partial charge in [-0.25, -0.2) is 0 Å². The number of nitrogens with one attached hydrogen (secondary N) is 1. The third kappa shape index (κ3) is 3.48. The highest BCUT2D eigenvalue weighted by Gasteiger charge is 2.30. The Morgan fingerprint density at radius 1 is 1.50 bits per heavy atom. The van der Waals surface area contributed by atoms with Crippen molar-refractivity contribution in [2.75, 3.05) is 17.3 Å². The van der Waals surface area contributed by atoms with Crippen LogP contribution in [0, 0.1) is 5.92 Å². The van der Waals surface area contributed by atoms with Gasteiger partial charge in [0, 0.05) is 11.2 Å². The fraction of sp³-hybridized carbons (Fsp3) is 0.500. The van der Waals surface area contributed by atoms with E-state index in [1.165, 1.54) is 5.56 Å². The Labute approximate surface area is 116 Å². The highest BCUT2D eigenvalue weighted by molar-refractivity contribution is 9.09. The lowest BCUT2D eigenvalue weighted by atomic mass is 10.1. The summed E-state index contributed by atoms with van der Waals surface area (Å²) in [6.07, 6.45) is 2.98. The van der Waals surface area contributed by atoms with E-state index in [9.17, 15) is 4.79 Å². The van der Waals surface area contributed by atoms with Gasteiger partial charge in [-0.1, -0.05) is 22.0 Å². The molecule has 0 saturated heterocycles. The monoisotopic (exact) mass is 311 g/mol.